The van der Waals surface area contributed by atoms with Gasteiger partial charge in [-0.2, -0.15) is 4.39 Å². The standard InChI is InChI=1S/C8H5FN2O2/c1-10-5-6-2-3-8(11(12)13)7(9)4-6/h2-4H,5H2. The summed E-state index contributed by atoms with van der Waals surface area (Å²) in [5.41, 5.74) is -0.119. The number of nitrogens with zero attached hydrogens (tertiary/aromatic N) is 2. The van der Waals surface area contributed by atoms with Crippen molar-refractivity contribution in [2.75, 3.05) is 0 Å². The van der Waals surface area contributed by atoms with Crippen LogP contribution in [-0.2, 0) is 6.54 Å². The summed E-state index contributed by atoms with van der Waals surface area (Å²) in [5.74, 6) is -0.897. The van der Waals surface area contributed by atoms with Gasteiger partial charge in [-0.15, -0.1) is 0 Å². The summed E-state index contributed by atoms with van der Waals surface area (Å²) >= 11 is 0. The zero-order chi connectivity index (χ0) is 9.84. The molecule has 0 atom stereocenters. The van der Waals surface area contributed by atoms with Crippen LogP contribution in [0.4, 0.5) is 10.1 Å². The van der Waals surface area contributed by atoms with Crippen molar-refractivity contribution in [2.24, 2.45) is 0 Å². The maximum absolute atomic E-state index is 12.9. The van der Waals surface area contributed by atoms with E-state index < -0.39 is 16.4 Å². The van der Waals surface area contributed by atoms with Crippen LogP contribution >= 0.6 is 0 Å². The predicted molar refractivity (Wildman–Crippen MR) is 43.4 cm³/mol. The third kappa shape index (κ3) is 1.99. The molecule has 0 unspecified atom stereocenters. The highest BCUT2D eigenvalue weighted by atomic mass is 19.1. The van der Waals surface area contributed by atoms with Gasteiger partial charge in [-0.1, -0.05) is 0 Å². The maximum atomic E-state index is 12.9. The molecule has 0 aliphatic heterocycles. The molecule has 66 valence electrons. The number of nitro benzene ring substituents is 1. The molecule has 0 aromatic heterocycles. The van der Waals surface area contributed by atoms with Crippen LogP contribution in [0, 0.1) is 22.5 Å². The van der Waals surface area contributed by atoms with Gasteiger partial charge in [0.15, 0.2) is 0 Å². The van der Waals surface area contributed by atoms with Gasteiger partial charge in [0.05, 0.1) is 4.92 Å². The second-order valence-electron chi connectivity index (χ2n) is 2.36. The number of rotatable bonds is 2. The fourth-order valence-corrected chi connectivity index (χ4v) is 0.888. The van der Waals surface area contributed by atoms with E-state index in [-0.39, 0.29) is 6.54 Å². The van der Waals surface area contributed by atoms with Crippen molar-refractivity contribution in [1.29, 1.82) is 0 Å². The van der Waals surface area contributed by atoms with E-state index in [1.165, 1.54) is 6.07 Å². The molecule has 4 nitrogen and oxygen atoms in total. The molecule has 0 radical (unpaired) electrons. The van der Waals surface area contributed by atoms with Gasteiger partial charge < -0.3 is 4.85 Å². The van der Waals surface area contributed by atoms with E-state index in [0.717, 1.165) is 12.1 Å². The highest BCUT2D eigenvalue weighted by Gasteiger charge is 2.13. The van der Waals surface area contributed by atoms with E-state index in [4.69, 9.17) is 6.57 Å². The highest BCUT2D eigenvalue weighted by Crippen LogP contribution is 2.18. The lowest BCUT2D eigenvalue weighted by atomic mass is 10.2. The number of nitro groups is 1. The zero-order valence-electron chi connectivity index (χ0n) is 6.53. The highest BCUT2D eigenvalue weighted by molar-refractivity contribution is 5.35. The van der Waals surface area contributed by atoms with Crippen LogP contribution in [0.2, 0.25) is 0 Å². The van der Waals surface area contributed by atoms with E-state index >= 15 is 0 Å². The summed E-state index contributed by atoms with van der Waals surface area (Å²) in [7, 11) is 0. The SMILES string of the molecule is [C-]#[N+]Cc1ccc([N+](=O)[O-])c(F)c1. The Hall–Kier alpha value is -1.96. The van der Waals surface area contributed by atoms with Crippen molar-refractivity contribution >= 4 is 5.69 Å². The summed E-state index contributed by atoms with van der Waals surface area (Å²) < 4.78 is 12.9. The van der Waals surface area contributed by atoms with Crippen LogP contribution in [0.25, 0.3) is 4.85 Å². The number of halogens is 1. The average molecular weight is 180 g/mol. The van der Waals surface area contributed by atoms with Crippen molar-refractivity contribution in [3.05, 3.63) is 51.1 Å². The molecule has 1 rings (SSSR count). The Morgan fingerprint density at radius 3 is 2.77 bits per heavy atom. The number of hydrogen-bond donors (Lipinski definition) is 0. The second kappa shape index (κ2) is 3.63. The van der Waals surface area contributed by atoms with Crippen molar-refractivity contribution < 1.29 is 9.31 Å². The molecule has 0 bridgehead atoms. The van der Waals surface area contributed by atoms with Crippen molar-refractivity contribution in [1.82, 2.24) is 0 Å². The smallest absolute Gasteiger partial charge is 0.304 e. The summed E-state index contributed by atoms with van der Waals surface area (Å²) in [4.78, 5) is 12.4. The number of hydrogen-bond acceptors (Lipinski definition) is 2. The van der Waals surface area contributed by atoms with Gasteiger partial charge in [0, 0.05) is 11.6 Å². The van der Waals surface area contributed by atoms with Crippen LogP contribution in [0.3, 0.4) is 0 Å². The minimum atomic E-state index is -0.897. The van der Waals surface area contributed by atoms with E-state index in [0.29, 0.717) is 5.56 Å². The van der Waals surface area contributed by atoms with Gasteiger partial charge in [0.2, 0.25) is 12.4 Å². The monoisotopic (exact) mass is 180 g/mol. The molecule has 5 heteroatoms. The van der Waals surface area contributed by atoms with E-state index in [1.807, 2.05) is 0 Å². The Morgan fingerprint density at radius 1 is 1.62 bits per heavy atom. The molecule has 0 saturated carbocycles. The van der Waals surface area contributed by atoms with Gasteiger partial charge in [-0.05, 0) is 12.1 Å². The minimum Gasteiger partial charge on any atom is -0.312 e. The molecule has 0 spiro atoms. The van der Waals surface area contributed by atoms with Crippen LogP contribution in [0.5, 0.6) is 0 Å². The molecule has 0 saturated heterocycles. The third-order valence-corrected chi connectivity index (χ3v) is 1.47. The molecule has 0 aliphatic rings. The zero-order valence-corrected chi connectivity index (χ0v) is 6.53. The molecule has 0 aliphatic carbocycles. The van der Waals surface area contributed by atoms with Gasteiger partial charge in [0.25, 0.3) is 0 Å². The molecule has 0 fully saturated rings. The largest absolute Gasteiger partial charge is 0.312 e. The first-order valence-corrected chi connectivity index (χ1v) is 3.41. The molecule has 0 amide bonds. The summed E-state index contributed by atoms with van der Waals surface area (Å²) in [6.45, 7) is 6.55. The second-order valence-corrected chi connectivity index (χ2v) is 2.36. The van der Waals surface area contributed by atoms with Gasteiger partial charge in [0.1, 0.15) is 0 Å². The lowest BCUT2D eigenvalue weighted by Gasteiger charge is -1.94. The quantitative estimate of drug-likeness (QED) is 0.397. The fourth-order valence-electron chi connectivity index (χ4n) is 0.888. The first-order valence-electron chi connectivity index (χ1n) is 3.41. The third-order valence-electron chi connectivity index (χ3n) is 1.47. The molecule has 0 heterocycles. The Labute approximate surface area is 73.6 Å². The molecular formula is C8H5FN2O2. The topological polar surface area (TPSA) is 47.5 Å². The van der Waals surface area contributed by atoms with Crippen LogP contribution < -0.4 is 0 Å². The molecule has 13 heavy (non-hydrogen) atoms. The van der Waals surface area contributed by atoms with E-state index in [1.54, 1.807) is 0 Å². The van der Waals surface area contributed by atoms with Gasteiger partial charge in [-0.3, -0.25) is 10.1 Å². The molecular weight excluding hydrogens is 175 g/mol. The van der Waals surface area contributed by atoms with Crippen LogP contribution in [0.1, 0.15) is 5.56 Å². The Kier molecular flexibility index (Phi) is 2.55. The van der Waals surface area contributed by atoms with Crippen LogP contribution in [-0.4, -0.2) is 4.92 Å². The van der Waals surface area contributed by atoms with Crippen molar-refractivity contribution in [3.63, 3.8) is 0 Å². The number of benzene rings is 1. The van der Waals surface area contributed by atoms with E-state index in [2.05, 4.69) is 4.85 Å². The Bertz CT molecular complexity index is 384. The molecule has 0 N–H and O–H groups in total. The summed E-state index contributed by atoms with van der Waals surface area (Å²) in [6.07, 6.45) is 0. The Balaban J connectivity index is 3.07. The summed E-state index contributed by atoms with van der Waals surface area (Å²) in [5, 5.41) is 10.2. The van der Waals surface area contributed by atoms with Gasteiger partial charge in [-0.25, -0.2) is 6.57 Å². The van der Waals surface area contributed by atoms with Crippen molar-refractivity contribution in [2.45, 2.75) is 6.54 Å². The lowest BCUT2D eigenvalue weighted by molar-refractivity contribution is -0.387. The first-order chi connectivity index (χ1) is 6.15. The summed E-state index contributed by atoms with van der Waals surface area (Å²) in [6, 6.07) is 3.45. The average Bonchev–Trinajstić information content (AvgIpc) is 2.04. The molecule has 1 aromatic carbocycles. The predicted octanol–water partition coefficient (Wildman–Crippen LogP) is 2.15. The Morgan fingerprint density at radius 2 is 2.31 bits per heavy atom. The van der Waals surface area contributed by atoms with Crippen molar-refractivity contribution in [3.8, 4) is 0 Å². The van der Waals surface area contributed by atoms with Gasteiger partial charge >= 0.3 is 5.69 Å². The normalized spacial score (nSPS) is 9.23. The fraction of sp³-hybridized carbons (Fsp3) is 0.125. The first kappa shape index (κ1) is 9.13. The molecule has 1 aromatic rings. The lowest BCUT2D eigenvalue weighted by Crippen LogP contribution is -1.93. The van der Waals surface area contributed by atoms with E-state index in [9.17, 15) is 14.5 Å². The minimum absolute atomic E-state index is 0.0366. The van der Waals surface area contributed by atoms with Crippen LogP contribution in [0.15, 0.2) is 18.2 Å². The maximum Gasteiger partial charge on any atom is 0.304 e.